The highest BCUT2D eigenvalue weighted by Gasteiger charge is 2.25. The molecule has 0 aliphatic carbocycles. The molecule has 38 heavy (non-hydrogen) atoms. The lowest BCUT2D eigenvalue weighted by atomic mass is 10.0. The lowest BCUT2D eigenvalue weighted by Crippen LogP contribution is -2.56. The van der Waals surface area contributed by atoms with E-state index in [9.17, 15) is 0 Å². The van der Waals surface area contributed by atoms with Crippen LogP contribution in [0.15, 0.2) is 53.9 Å². The molecule has 1 aromatic carbocycles. The molecule has 196 valence electrons. The first-order valence-corrected chi connectivity index (χ1v) is 13.8. The van der Waals surface area contributed by atoms with Crippen LogP contribution in [0.3, 0.4) is 0 Å². The monoisotopic (exact) mass is 508 g/mol. The van der Waals surface area contributed by atoms with Crippen molar-refractivity contribution in [2.45, 2.75) is 45.6 Å². The summed E-state index contributed by atoms with van der Waals surface area (Å²) in [4.78, 5) is 27.5. The molecule has 2 saturated heterocycles. The summed E-state index contributed by atoms with van der Waals surface area (Å²) in [5, 5.41) is 1.25. The van der Waals surface area contributed by atoms with Crippen molar-refractivity contribution in [3.05, 3.63) is 65.9 Å². The van der Waals surface area contributed by atoms with Crippen LogP contribution in [0.5, 0.6) is 0 Å². The van der Waals surface area contributed by atoms with Crippen molar-refractivity contribution in [1.82, 2.24) is 19.9 Å². The molecule has 0 atom stereocenters. The number of aryl methyl sites for hydroxylation is 1. The van der Waals surface area contributed by atoms with Gasteiger partial charge in [-0.15, -0.1) is 0 Å². The zero-order chi connectivity index (χ0) is 26.1. The summed E-state index contributed by atoms with van der Waals surface area (Å²) in [6.07, 6.45) is 10.3. The topological polar surface area (TPSA) is 99.3 Å². The second-order valence-electron chi connectivity index (χ2n) is 10.5. The molecule has 0 saturated carbocycles. The molecule has 4 aromatic rings. The average Bonchev–Trinajstić information content (AvgIpc) is 3.37. The Bertz CT molecular complexity index is 1460. The van der Waals surface area contributed by atoms with E-state index in [1.165, 1.54) is 30.3 Å². The van der Waals surface area contributed by atoms with E-state index >= 15 is 0 Å². The van der Waals surface area contributed by atoms with Crippen LogP contribution in [-0.4, -0.2) is 64.4 Å². The standard InChI is InChI=1S/C30H36N8/c1-3-10-33-30(26-14-24-25(35-26)8-7-9-28(24)37-11-5-4-6-12-37)23-13-21(15-34-20(23)2)27-16-32-17-29(36-27)38-18-22(31)19-38/h7-9,13-17,22,35H,3-6,10-12,18-19,31H2,1-2H3/b33-30+. The number of nitrogens with one attached hydrogen (secondary N) is 1. The number of aromatic nitrogens is 4. The van der Waals surface area contributed by atoms with Gasteiger partial charge in [-0.2, -0.15) is 0 Å². The number of hydrogen-bond donors (Lipinski definition) is 2. The summed E-state index contributed by atoms with van der Waals surface area (Å²) in [5.74, 6) is 0.854. The number of benzene rings is 1. The van der Waals surface area contributed by atoms with Crippen LogP contribution in [0, 0.1) is 6.92 Å². The Labute approximate surface area is 224 Å². The Balaban J connectivity index is 1.39. The molecule has 3 N–H and O–H groups in total. The average molecular weight is 509 g/mol. The van der Waals surface area contributed by atoms with Gasteiger partial charge in [0.2, 0.25) is 0 Å². The third kappa shape index (κ3) is 4.76. The third-order valence-electron chi connectivity index (χ3n) is 7.58. The smallest absolute Gasteiger partial charge is 0.147 e. The largest absolute Gasteiger partial charge is 0.371 e. The number of pyridine rings is 1. The Morgan fingerprint density at radius 2 is 1.92 bits per heavy atom. The molecular formula is C30H36N8. The Hall–Kier alpha value is -3.78. The molecule has 0 spiro atoms. The van der Waals surface area contributed by atoms with Crippen LogP contribution in [0.4, 0.5) is 11.5 Å². The molecule has 6 rings (SSSR count). The summed E-state index contributed by atoms with van der Waals surface area (Å²) in [7, 11) is 0. The van der Waals surface area contributed by atoms with Crippen molar-refractivity contribution in [3.8, 4) is 11.3 Å². The second-order valence-corrected chi connectivity index (χ2v) is 10.5. The number of nitrogens with zero attached hydrogens (tertiary/aromatic N) is 6. The highest BCUT2D eigenvalue weighted by atomic mass is 15.3. The molecule has 3 aromatic heterocycles. The van der Waals surface area contributed by atoms with Crippen LogP contribution < -0.4 is 15.5 Å². The molecular weight excluding hydrogens is 472 g/mol. The summed E-state index contributed by atoms with van der Waals surface area (Å²) in [5.41, 5.74) is 14.1. The SMILES string of the molecule is CCC/N=C(/c1cc2c(N3CCCCC3)cccc2[nH]1)c1cc(-c2cncc(N3CC(N)C3)n2)cnc1C. The van der Waals surface area contributed by atoms with Crippen molar-refractivity contribution in [2.24, 2.45) is 10.7 Å². The number of aromatic amines is 1. The summed E-state index contributed by atoms with van der Waals surface area (Å²) >= 11 is 0. The first-order chi connectivity index (χ1) is 18.6. The van der Waals surface area contributed by atoms with Gasteiger partial charge in [0.05, 0.1) is 29.5 Å². The second kappa shape index (κ2) is 10.5. The van der Waals surface area contributed by atoms with Gasteiger partial charge in [-0.05, 0) is 56.9 Å². The molecule has 0 radical (unpaired) electrons. The van der Waals surface area contributed by atoms with E-state index in [4.69, 9.17) is 20.7 Å². The number of fused-ring (bicyclic) bond motifs is 1. The van der Waals surface area contributed by atoms with Gasteiger partial charge in [-0.25, -0.2) is 4.98 Å². The van der Waals surface area contributed by atoms with Crippen LogP contribution in [0.25, 0.3) is 22.2 Å². The van der Waals surface area contributed by atoms with Crippen molar-refractivity contribution >= 4 is 28.1 Å². The van der Waals surface area contributed by atoms with E-state index < -0.39 is 0 Å². The minimum absolute atomic E-state index is 0.206. The fraction of sp³-hybridized carbons (Fsp3) is 0.400. The Morgan fingerprint density at radius 1 is 1.08 bits per heavy atom. The molecule has 2 aliphatic rings. The molecule has 0 bridgehead atoms. The van der Waals surface area contributed by atoms with Crippen LogP contribution in [0.1, 0.15) is 49.6 Å². The normalized spacial score (nSPS) is 16.8. The van der Waals surface area contributed by atoms with Crippen molar-refractivity contribution in [1.29, 1.82) is 0 Å². The first kappa shape index (κ1) is 24.6. The maximum absolute atomic E-state index is 5.98. The maximum Gasteiger partial charge on any atom is 0.147 e. The zero-order valence-electron chi connectivity index (χ0n) is 22.3. The van der Waals surface area contributed by atoms with Gasteiger partial charge >= 0.3 is 0 Å². The van der Waals surface area contributed by atoms with E-state index in [1.807, 2.05) is 13.1 Å². The van der Waals surface area contributed by atoms with E-state index in [0.717, 1.165) is 84.4 Å². The molecule has 2 fully saturated rings. The summed E-state index contributed by atoms with van der Waals surface area (Å²) < 4.78 is 0. The zero-order valence-corrected chi connectivity index (χ0v) is 22.3. The van der Waals surface area contributed by atoms with Crippen LogP contribution >= 0.6 is 0 Å². The predicted octanol–water partition coefficient (Wildman–Crippen LogP) is 4.71. The predicted molar refractivity (Wildman–Crippen MR) is 155 cm³/mol. The fourth-order valence-corrected chi connectivity index (χ4v) is 5.48. The van der Waals surface area contributed by atoms with Crippen LogP contribution in [0.2, 0.25) is 0 Å². The number of aliphatic imine (C=N–C) groups is 1. The van der Waals surface area contributed by atoms with E-state index in [1.54, 1.807) is 12.4 Å². The van der Waals surface area contributed by atoms with Gasteiger partial charge in [0, 0.05) is 78.4 Å². The minimum Gasteiger partial charge on any atom is -0.371 e. The Morgan fingerprint density at radius 3 is 2.71 bits per heavy atom. The van der Waals surface area contributed by atoms with Gasteiger partial charge in [0.25, 0.3) is 0 Å². The van der Waals surface area contributed by atoms with E-state index in [-0.39, 0.29) is 6.04 Å². The van der Waals surface area contributed by atoms with Gasteiger partial charge in [-0.1, -0.05) is 13.0 Å². The molecule has 8 nitrogen and oxygen atoms in total. The van der Waals surface area contributed by atoms with Gasteiger partial charge in [0.15, 0.2) is 0 Å². The fourth-order valence-electron chi connectivity index (χ4n) is 5.48. The number of rotatable bonds is 7. The molecule has 0 unspecified atom stereocenters. The van der Waals surface area contributed by atoms with E-state index in [0.29, 0.717) is 0 Å². The third-order valence-corrected chi connectivity index (χ3v) is 7.58. The Kier molecular flexibility index (Phi) is 6.81. The lowest BCUT2D eigenvalue weighted by Gasteiger charge is -2.37. The minimum atomic E-state index is 0.206. The highest BCUT2D eigenvalue weighted by molar-refractivity contribution is 6.15. The lowest BCUT2D eigenvalue weighted by molar-refractivity contribution is 0.514. The van der Waals surface area contributed by atoms with Crippen molar-refractivity contribution < 1.29 is 0 Å². The van der Waals surface area contributed by atoms with Crippen molar-refractivity contribution in [3.63, 3.8) is 0 Å². The quantitative estimate of drug-likeness (QED) is 0.351. The number of H-pyrrole nitrogens is 1. The van der Waals surface area contributed by atoms with E-state index in [2.05, 4.69) is 57.0 Å². The van der Waals surface area contributed by atoms with Gasteiger partial charge < -0.3 is 20.5 Å². The number of hydrogen-bond acceptors (Lipinski definition) is 7. The maximum atomic E-state index is 5.98. The molecule has 5 heterocycles. The summed E-state index contributed by atoms with van der Waals surface area (Å²) in [6, 6.07) is 11.2. The number of nitrogens with two attached hydrogens (primary N) is 1. The van der Waals surface area contributed by atoms with Gasteiger partial charge in [-0.3, -0.25) is 15.0 Å². The van der Waals surface area contributed by atoms with Crippen LogP contribution in [-0.2, 0) is 0 Å². The number of piperidine rings is 1. The molecule has 8 heteroatoms. The highest BCUT2D eigenvalue weighted by Crippen LogP contribution is 2.31. The van der Waals surface area contributed by atoms with Gasteiger partial charge in [0.1, 0.15) is 5.82 Å². The molecule has 2 aliphatic heterocycles. The summed E-state index contributed by atoms with van der Waals surface area (Å²) in [6.45, 7) is 8.80. The van der Waals surface area contributed by atoms with Crippen molar-refractivity contribution in [2.75, 3.05) is 42.5 Å². The molecule has 0 amide bonds. The number of anilines is 2. The first-order valence-electron chi connectivity index (χ1n) is 13.8.